The summed E-state index contributed by atoms with van der Waals surface area (Å²) < 4.78 is 5.54. The molecule has 9 nitrogen and oxygen atoms in total. The number of likely N-dealkylation sites (tertiary alicyclic amines) is 2. The van der Waals surface area contributed by atoms with Crippen molar-refractivity contribution in [3.8, 4) is 0 Å². The summed E-state index contributed by atoms with van der Waals surface area (Å²) in [5, 5.41) is 3.31. The quantitative estimate of drug-likeness (QED) is 0.576. The Morgan fingerprint density at radius 2 is 1.75 bits per heavy atom. The van der Waals surface area contributed by atoms with E-state index in [9.17, 15) is 14.4 Å². The number of nitrogens with two attached hydrogens (primary N) is 1. The summed E-state index contributed by atoms with van der Waals surface area (Å²) >= 11 is 0. The zero-order valence-electron chi connectivity index (χ0n) is 20.4. The summed E-state index contributed by atoms with van der Waals surface area (Å²) in [4.78, 5) is 46.5. The number of primary amides is 1. The molecule has 1 unspecified atom stereocenters. The first-order chi connectivity index (χ1) is 17.4. The monoisotopic (exact) mass is 489 g/mol. The summed E-state index contributed by atoms with van der Waals surface area (Å²) in [6.07, 6.45) is 3.52. The Labute approximate surface area is 209 Å². The summed E-state index contributed by atoms with van der Waals surface area (Å²) in [6, 6.07) is 13.5. The number of urea groups is 1. The van der Waals surface area contributed by atoms with Gasteiger partial charge < -0.3 is 25.3 Å². The number of furan rings is 1. The Kier molecular flexibility index (Phi) is 6.63. The molecule has 2 aliphatic heterocycles. The van der Waals surface area contributed by atoms with Gasteiger partial charge >= 0.3 is 6.03 Å². The van der Waals surface area contributed by atoms with Crippen molar-refractivity contribution in [2.24, 2.45) is 11.7 Å². The van der Waals surface area contributed by atoms with E-state index in [0.29, 0.717) is 30.9 Å². The Balaban J connectivity index is 1.27. The van der Waals surface area contributed by atoms with Crippen molar-refractivity contribution >= 4 is 34.6 Å². The van der Waals surface area contributed by atoms with Crippen LogP contribution in [0.15, 0.2) is 46.9 Å². The normalized spacial score (nSPS) is 20.4. The summed E-state index contributed by atoms with van der Waals surface area (Å²) in [7, 11) is 0. The summed E-state index contributed by atoms with van der Waals surface area (Å²) in [5.41, 5.74) is 7.93. The molecule has 188 valence electrons. The smallest absolute Gasteiger partial charge is 0.321 e. The molecule has 0 spiro atoms. The second-order valence-electron chi connectivity index (χ2n) is 9.73. The minimum Gasteiger partial charge on any atom is -0.430 e. The molecule has 3 aromatic rings. The number of nitrogens with zero attached hydrogens (tertiary/aromatic N) is 3. The molecule has 0 aliphatic carbocycles. The molecule has 5 rings (SSSR count). The summed E-state index contributed by atoms with van der Waals surface area (Å²) in [6.45, 7) is 4.12. The Morgan fingerprint density at radius 3 is 2.53 bits per heavy atom. The van der Waals surface area contributed by atoms with Gasteiger partial charge in [0.1, 0.15) is 5.69 Å². The number of benzene rings is 1. The largest absolute Gasteiger partial charge is 0.430 e. The third-order valence-corrected chi connectivity index (χ3v) is 7.21. The number of carbonyl (C=O) groups excluding carboxylic acids is 3. The van der Waals surface area contributed by atoms with Crippen LogP contribution in [0.2, 0.25) is 0 Å². The topological polar surface area (TPSA) is 122 Å². The fourth-order valence-corrected chi connectivity index (χ4v) is 5.35. The Morgan fingerprint density at radius 1 is 1.00 bits per heavy atom. The Hall–Kier alpha value is -3.88. The number of aromatic nitrogens is 1. The van der Waals surface area contributed by atoms with Crippen LogP contribution in [0.5, 0.6) is 0 Å². The molecule has 2 atom stereocenters. The average Bonchev–Trinajstić information content (AvgIpc) is 3.26. The van der Waals surface area contributed by atoms with Crippen LogP contribution >= 0.6 is 0 Å². The van der Waals surface area contributed by atoms with Gasteiger partial charge in [0.25, 0.3) is 5.91 Å². The van der Waals surface area contributed by atoms with Gasteiger partial charge in [0, 0.05) is 37.8 Å². The maximum absolute atomic E-state index is 13.4. The van der Waals surface area contributed by atoms with Crippen LogP contribution in [0.3, 0.4) is 0 Å². The third kappa shape index (κ3) is 4.78. The molecule has 36 heavy (non-hydrogen) atoms. The van der Waals surface area contributed by atoms with Crippen LogP contribution < -0.4 is 11.1 Å². The van der Waals surface area contributed by atoms with Crippen LogP contribution in [0.1, 0.15) is 53.4 Å². The number of carbonyl (C=O) groups is 3. The number of amides is 4. The maximum Gasteiger partial charge on any atom is 0.321 e. The van der Waals surface area contributed by atoms with Gasteiger partial charge in [0.15, 0.2) is 0 Å². The number of piperidine rings is 2. The number of rotatable bonds is 4. The molecular weight excluding hydrogens is 458 g/mol. The van der Waals surface area contributed by atoms with Crippen molar-refractivity contribution < 1.29 is 18.8 Å². The van der Waals surface area contributed by atoms with E-state index >= 15 is 0 Å². The van der Waals surface area contributed by atoms with Crippen LogP contribution in [-0.4, -0.2) is 58.8 Å². The van der Waals surface area contributed by atoms with Crippen molar-refractivity contribution in [1.82, 2.24) is 14.8 Å². The van der Waals surface area contributed by atoms with Gasteiger partial charge in [-0.05, 0) is 50.3 Å². The van der Waals surface area contributed by atoms with Crippen molar-refractivity contribution in [2.75, 3.05) is 31.5 Å². The zero-order valence-corrected chi connectivity index (χ0v) is 20.4. The standard InChI is InChI=1S/C27H31N5O4/c1-17-11-12-21-22(23(24(28)33)36-25(21)29-17)30-27(35)32-14-6-10-20(16-32)26(34)31-13-5-9-19(15-31)18-7-3-2-4-8-18/h2-4,7-8,11-12,19-20H,5-6,9-10,13-16H2,1H3,(H2,28,33)(H,30,35)/t19?,20-/m1/s1. The van der Waals surface area contributed by atoms with Gasteiger partial charge in [-0.2, -0.15) is 0 Å². The van der Waals surface area contributed by atoms with E-state index in [1.165, 1.54) is 5.56 Å². The number of hydrogen-bond acceptors (Lipinski definition) is 5. The molecule has 1 aromatic carbocycles. The van der Waals surface area contributed by atoms with E-state index < -0.39 is 5.91 Å². The average molecular weight is 490 g/mol. The minimum absolute atomic E-state index is 0.111. The van der Waals surface area contributed by atoms with Crippen molar-refractivity contribution in [3.05, 3.63) is 59.5 Å². The van der Waals surface area contributed by atoms with Gasteiger partial charge in [-0.1, -0.05) is 30.3 Å². The van der Waals surface area contributed by atoms with E-state index in [1.807, 2.05) is 23.1 Å². The molecule has 2 saturated heterocycles. The maximum atomic E-state index is 13.4. The van der Waals surface area contributed by atoms with E-state index in [4.69, 9.17) is 10.2 Å². The van der Waals surface area contributed by atoms with Gasteiger partial charge in [0.2, 0.25) is 17.4 Å². The number of anilines is 1. The lowest BCUT2D eigenvalue weighted by Gasteiger charge is -2.38. The second-order valence-corrected chi connectivity index (χ2v) is 9.73. The van der Waals surface area contributed by atoms with E-state index in [-0.39, 0.29) is 35.0 Å². The number of pyridine rings is 1. The molecule has 4 amide bonds. The van der Waals surface area contributed by atoms with Gasteiger partial charge in [-0.15, -0.1) is 0 Å². The highest BCUT2D eigenvalue weighted by atomic mass is 16.4. The number of aryl methyl sites for hydroxylation is 1. The minimum atomic E-state index is -0.786. The van der Waals surface area contributed by atoms with Gasteiger partial charge in [-0.25, -0.2) is 9.78 Å². The molecule has 2 fully saturated rings. The lowest BCUT2D eigenvalue weighted by molar-refractivity contribution is -0.138. The van der Waals surface area contributed by atoms with Crippen LogP contribution in [0.25, 0.3) is 11.1 Å². The fourth-order valence-electron chi connectivity index (χ4n) is 5.35. The number of hydrogen-bond donors (Lipinski definition) is 2. The molecule has 2 aromatic heterocycles. The first-order valence-corrected chi connectivity index (χ1v) is 12.5. The number of nitrogens with one attached hydrogen (secondary N) is 1. The second kappa shape index (κ2) is 10.0. The highest BCUT2D eigenvalue weighted by Crippen LogP contribution is 2.32. The number of fused-ring (bicyclic) bond motifs is 1. The van der Waals surface area contributed by atoms with E-state index in [1.54, 1.807) is 24.0 Å². The SMILES string of the molecule is Cc1ccc2c(NC(=O)N3CCC[C@@H](C(=O)N4CCCC(c5ccccc5)C4)C3)c(C(N)=O)oc2n1. The molecular formula is C27H31N5O4. The fraction of sp³-hybridized carbons (Fsp3) is 0.407. The molecule has 3 N–H and O–H groups in total. The highest BCUT2D eigenvalue weighted by molar-refractivity contribution is 6.09. The molecule has 4 heterocycles. The van der Waals surface area contributed by atoms with Crippen LogP contribution in [0.4, 0.5) is 10.5 Å². The zero-order chi connectivity index (χ0) is 25.2. The highest BCUT2D eigenvalue weighted by Gasteiger charge is 2.34. The lowest BCUT2D eigenvalue weighted by atomic mass is 9.89. The van der Waals surface area contributed by atoms with Crippen LogP contribution in [0, 0.1) is 12.8 Å². The predicted molar refractivity (Wildman–Crippen MR) is 136 cm³/mol. The van der Waals surface area contributed by atoms with Crippen molar-refractivity contribution in [2.45, 2.75) is 38.5 Å². The molecule has 2 aliphatic rings. The Bertz CT molecular complexity index is 1290. The third-order valence-electron chi connectivity index (χ3n) is 7.21. The van der Waals surface area contributed by atoms with Gasteiger partial charge in [-0.3, -0.25) is 9.59 Å². The first kappa shape index (κ1) is 23.8. The predicted octanol–water partition coefficient (Wildman–Crippen LogP) is 3.89. The molecule has 0 radical (unpaired) electrons. The van der Waals surface area contributed by atoms with Gasteiger partial charge in [0.05, 0.1) is 11.3 Å². The summed E-state index contributed by atoms with van der Waals surface area (Å²) in [5.74, 6) is -0.725. The lowest BCUT2D eigenvalue weighted by Crippen LogP contribution is -2.49. The van der Waals surface area contributed by atoms with E-state index in [2.05, 4.69) is 22.4 Å². The molecule has 0 saturated carbocycles. The van der Waals surface area contributed by atoms with Crippen molar-refractivity contribution in [3.63, 3.8) is 0 Å². The van der Waals surface area contributed by atoms with Crippen molar-refractivity contribution in [1.29, 1.82) is 0 Å². The van der Waals surface area contributed by atoms with Crippen LogP contribution in [-0.2, 0) is 4.79 Å². The van der Waals surface area contributed by atoms with E-state index in [0.717, 1.165) is 37.9 Å². The molecule has 0 bridgehead atoms. The molecule has 9 heteroatoms. The first-order valence-electron chi connectivity index (χ1n) is 12.5.